The molecule has 4 rings (SSSR count). The molecule has 0 unspecified atom stereocenters. The second kappa shape index (κ2) is 8.12. The van der Waals surface area contributed by atoms with Crippen LogP contribution in [0, 0.1) is 0 Å². The van der Waals surface area contributed by atoms with Crippen molar-refractivity contribution in [3.05, 3.63) is 23.8 Å². The minimum absolute atomic E-state index is 0.0244. The maximum absolute atomic E-state index is 12.4. The van der Waals surface area contributed by atoms with Gasteiger partial charge in [-0.3, -0.25) is 9.52 Å². The summed E-state index contributed by atoms with van der Waals surface area (Å²) in [5.41, 5.74) is 1.35. The van der Waals surface area contributed by atoms with Crippen molar-refractivity contribution < 1.29 is 27.8 Å². The van der Waals surface area contributed by atoms with Gasteiger partial charge in [0.25, 0.3) is 0 Å². The summed E-state index contributed by atoms with van der Waals surface area (Å²) in [7, 11) is -3.39. The number of carbonyl (C=O) groups excluding carboxylic acids is 1. The Bertz CT molecular complexity index is 868. The third-order valence-corrected chi connectivity index (χ3v) is 6.54. The number of fused-ring (bicyclic) bond motifs is 3. The van der Waals surface area contributed by atoms with E-state index in [4.69, 9.17) is 9.47 Å². The van der Waals surface area contributed by atoms with Crippen molar-refractivity contribution in [3.8, 4) is 5.75 Å². The molecule has 3 N–H and O–H groups in total. The fraction of sp³-hybridized carbons (Fsp3) is 0.650. The van der Waals surface area contributed by atoms with Crippen molar-refractivity contribution in [3.63, 3.8) is 0 Å². The lowest BCUT2D eigenvalue weighted by molar-refractivity contribution is -0.142. The topological polar surface area (TPSA) is 114 Å². The highest BCUT2D eigenvalue weighted by Gasteiger charge is 2.46. The number of rotatable bonds is 6. The van der Waals surface area contributed by atoms with E-state index in [-0.39, 0.29) is 43.1 Å². The summed E-state index contributed by atoms with van der Waals surface area (Å²) in [4.78, 5) is 12.4. The first-order valence-corrected chi connectivity index (χ1v) is 12.1. The van der Waals surface area contributed by atoms with Crippen LogP contribution < -0.4 is 14.8 Å². The molecular formula is C20H28N2O6S. The van der Waals surface area contributed by atoms with Gasteiger partial charge in [-0.1, -0.05) is 12.8 Å². The molecule has 1 aliphatic carbocycles. The highest BCUT2D eigenvalue weighted by molar-refractivity contribution is 7.92. The Balaban J connectivity index is 1.48. The number of sulfonamides is 1. The number of ether oxygens (including phenoxy) is 2. The van der Waals surface area contributed by atoms with E-state index >= 15 is 0 Å². The van der Waals surface area contributed by atoms with E-state index in [1.165, 1.54) is 0 Å². The summed E-state index contributed by atoms with van der Waals surface area (Å²) in [5, 5.41) is 12.9. The number of carbonyl (C=O) groups is 1. The fourth-order valence-corrected chi connectivity index (χ4v) is 5.29. The Hall–Kier alpha value is -1.84. The molecule has 160 valence electrons. The highest BCUT2D eigenvalue weighted by Crippen LogP contribution is 2.47. The molecule has 2 heterocycles. The predicted octanol–water partition coefficient (Wildman–Crippen LogP) is 1.50. The quantitative estimate of drug-likeness (QED) is 0.638. The second-order valence-corrected chi connectivity index (χ2v) is 10.0. The van der Waals surface area contributed by atoms with Crippen molar-refractivity contribution in [1.29, 1.82) is 0 Å². The molecule has 2 aliphatic heterocycles. The Labute approximate surface area is 171 Å². The van der Waals surface area contributed by atoms with E-state index in [1.807, 2.05) is 0 Å². The van der Waals surface area contributed by atoms with Gasteiger partial charge in [-0.15, -0.1) is 0 Å². The monoisotopic (exact) mass is 424 g/mol. The number of nitrogens with one attached hydrogen (secondary N) is 2. The lowest BCUT2D eigenvalue weighted by Crippen LogP contribution is -2.47. The summed E-state index contributed by atoms with van der Waals surface area (Å²) < 4.78 is 37.6. The van der Waals surface area contributed by atoms with E-state index in [1.54, 1.807) is 18.2 Å². The Morgan fingerprint density at radius 3 is 2.72 bits per heavy atom. The summed E-state index contributed by atoms with van der Waals surface area (Å²) in [6.45, 7) is -0.204. The van der Waals surface area contributed by atoms with E-state index in [2.05, 4.69) is 10.0 Å². The maximum atomic E-state index is 12.4. The van der Waals surface area contributed by atoms with Gasteiger partial charge < -0.3 is 19.9 Å². The molecular weight excluding hydrogens is 396 g/mol. The first kappa shape index (κ1) is 20.4. The molecule has 9 heteroatoms. The van der Waals surface area contributed by atoms with Gasteiger partial charge in [0.1, 0.15) is 18.0 Å². The molecule has 1 saturated carbocycles. The van der Waals surface area contributed by atoms with Crippen molar-refractivity contribution in [2.75, 3.05) is 17.6 Å². The number of benzene rings is 1. The number of anilines is 1. The molecule has 2 fully saturated rings. The molecule has 0 aromatic heterocycles. The average molecular weight is 425 g/mol. The predicted molar refractivity (Wildman–Crippen MR) is 107 cm³/mol. The first-order chi connectivity index (χ1) is 13.8. The molecule has 1 saturated heterocycles. The van der Waals surface area contributed by atoms with E-state index in [9.17, 15) is 18.3 Å². The molecule has 1 aromatic carbocycles. The highest BCUT2D eigenvalue weighted by atomic mass is 32.2. The Morgan fingerprint density at radius 1 is 1.28 bits per heavy atom. The normalized spacial score (nSPS) is 29.0. The van der Waals surface area contributed by atoms with Crippen molar-refractivity contribution in [2.45, 2.75) is 68.8 Å². The average Bonchev–Trinajstić information content (AvgIpc) is 3.27. The molecule has 0 spiro atoms. The maximum Gasteiger partial charge on any atom is 0.229 e. The van der Waals surface area contributed by atoms with Gasteiger partial charge in [0.15, 0.2) is 0 Å². The van der Waals surface area contributed by atoms with Gasteiger partial charge in [-0.05, 0) is 37.5 Å². The smallest absolute Gasteiger partial charge is 0.229 e. The molecule has 8 nitrogen and oxygen atoms in total. The fourth-order valence-electron chi connectivity index (χ4n) is 4.73. The zero-order valence-corrected chi connectivity index (χ0v) is 17.3. The zero-order valence-electron chi connectivity index (χ0n) is 16.5. The van der Waals surface area contributed by atoms with Gasteiger partial charge in [0, 0.05) is 23.2 Å². The summed E-state index contributed by atoms with van der Waals surface area (Å²) in [5.74, 6) is 0.572. The van der Waals surface area contributed by atoms with E-state index in [0.717, 1.165) is 37.5 Å². The van der Waals surface area contributed by atoms with Crippen LogP contribution in [-0.2, 0) is 19.6 Å². The van der Waals surface area contributed by atoms with Crippen LogP contribution in [0.2, 0.25) is 0 Å². The van der Waals surface area contributed by atoms with Crippen molar-refractivity contribution in [2.24, 2.45) is 0 Å². The van der Waals surface area contributed by atoms with Crippen LogP contribution in [0.1, 0.15) is 50.0 Å². The third kappa shape index (κ3) is 4.67. The van der Waals surface area contributed by atoms with Crippen LogP contribution in [-0.4, -0.2) is 56.6 Å². The van der Waals surface area contributed by atoms with Gasteiger partial charge in [0.05, 0.1) is 25.4 Å². The standard InChI is InChI=1S/C20H28N2O6S/c1-29(25,26)22-13-6-7-17-15(8-13)16-9-14(27-18(11-23)20(16)28-17)10-19(24)21-12-4-2-3-5-12/h6-8,12,14,16,18,20,22-23H,2-5,9-11H2,1H3,(H,21,24)/t14-,16+,18-,20-/m0/s1. The van der Waals surface area contributed by atoms with E-state index < -0.39 is 16.1 Å². The van der Waals surface area contributed by atoms with Gasteiger partial charge in [0.2, 0.25) is 15.9 Å². The molecule has 29 heavy (non-hydrogen) atoms. The lowest BCUT2D eigenvalue weighted by atomic mass is 9.84. The molecule has 0 radical (unpaired) electrons. The Kier molecular flexibility index (Phi) is 5.72. The molecule has 0 bridgehead atoms. The minimum atomic E-state index is -3.39. The zero-order chi connectivity index (χ0) is 20.6. The van der Waals surface area contributed by atoms with Gasteiger partial charge in [-0.2, -0.15) is 0 Å². The number of amides is 1. The lowest BCUT2D eigenvalue weighted by Gasteiger charge is -2.37. The second-order valence-electron chi connectivity index (χ2n) is 8.28. The first-order valence-electron chi connectivity index (χ1n) is 10.2. The number of hydrogen-bond acceptors (Lipinski definition) is 6. The largest absolute Gasteiger partial charge is 0.487 e. The molecule has 1 amide bonds. The Morgan fingerprint density at radius 2 is 2.03 bits per heavy atom. The van der Waals surface area contributed by atoms with Gasteiger partial charge >= 0.3 is 0 Å². The van der Waals surface area contributed by atoms with Crippen molar-refractivity contribution in [1.82, 2.24) is 5.32 Å². The summed E-state index contributed by atoms with van der Waals surface area (Å²) in [6, 6.07) is 5.42. The minimum Gasteiger partial charge on any atom is -0.487 e. The number of aliphatic hydroxyl groups excluding tert-OH is 1. The van der Waals surface area contributed by atoms with Crippen LogP contribution in [0.4, 0.5) is 5.69 Å². The van der Waals surface area contributed by atoms with Crippen LogP contribution in [0.25, 0.3) is 0 Å². The summed E-state index contributed by atoms with van der Waals surface area (Å²) >= 11 is 0. The number of hydrogen-bond donors (Lipinski definition) is 3. The summed E-state index contributed by atoms with van der Waals surface area (Å²) in [6.07, 6.45) is 5.08. The molecule has 1 aromatic rings. The van der Waals surface area contributed by atoms with Crippen LogP contribution in [0.3, 0.4) is 0 Å². The van der Waals surface area contributed by atoms with Crippen molar-refractivity contribution >= 4 is 21.6 Å². The van der Waals surface area contributed by atoms with Crippen LogP contribution in [0.15, 0.2) is 18.2 Å². The third-order valence-electron chi connectivity index (χ3n) is 5.94. The van der Waals surface area contributed by atoms with Gasteiger partial charge in [-0.25, -0.2) is 8.42 Å². The van der Waals surface area contributed by atoms with E-state index in [0.29, 0.717) is 17.9 Å². The molecule has 4 atom stereocenters. The molecule has 3 aliphatic rings. The van der Waals surface area contributed by atoms with Crippen LogP contribution in [0.5, 0.6) is 5.75 Å². The SMILES string of the molecule is CS(=O)(=O)Nc1ccc2c(c1)[C@H]1C[C@@H](CC(=O)NC3CCCC3)O[C@@H](CO)[C@H]1O2. The number of aliphatic hydroxyl groups is 1. The van der Waals surface area contributed by atoms with Crippen LogP contribution >= 0.6 is 0 Å².